The molecule has 0 bridgehead atoms. The predicted molar refractivity (Wildman–Crippen MR) is 106 cm³/mol. The number of halogens is 2. The first kappa shape index (κ1) is 21.7. The Labute approximate surface area is 164 Å². The lowest BCUT2D eigenvalue weighted by Gasteiger charge is -2.18. The second-order valence-electron chi connectivity index (χ2n) is 6.38. The van der Waals surface area contributed by atoms with Crippen molar-refractivity contribution in [2.75, 3.05) is 11.9 Å². The number of hydrogen-bond donors (Lipinski definition) is 1. The van der Waals surface area contributed by atoms with E-state index in [4.69, 9.17) is 9.47 Å². The summed E-state index contributed by atoms with van der Waals surface area (Å²) in [5.74, 6) is 0.548. The summed E-state index contributed by atoms with van der Waals surface area (Å²) < 4.78 is 38.5. The van der Waals surface area contributed by atoms with Gasteiger partial charge in [-0.25, -0.2) is 8.78 Å². The minimum absolute atomic E-state index is 0.000132. The van der Waals surface area contributed by atoms with Crippen LogP contribution in [0.4, 0.5) is 14.5 Å². The number of alkyl halides is 2. The van der Waals surface area contributed by atoms with E-state index in [-0.39, 0.29) is 23.8 Å². The van der Waals surface area contributed by atoms with Crippen molar-refractivity contribution in [3.05, 3.63) is 52.6 Å². The zero-order chi connectivity index (χ0) is 20.7. The van der Waals surface area contributed by atoms with E-state index in [0.717, 1.165) is 11.1 Å². The first-order valence-corrected chi connectivity index (χ1v) is 9.50. The Bertz CT molecular complexity index is 822. The molecule has 1 amide bonds. The number of aryl methyl sites for hydroxylation is 2. The second-order valence-corrected chi connectivity index (χ2v) is 6.38. The highest BCUT2D eigenvalue weighted by Gasteiger charge is 2.18. The van der Waals surface area contributed by atoms with Crippen LogP contribution >= 0.6 is 0 Å². The minimum atomic E-state index is -2.64. The lowest BCUT2D eigenvalue weighted by molar-refractivity contribution is -0.115. The van der Waals surface area contributed by atoms with Gasteiger partial charge >= 0.3 is 0 Å². The molecule has 28 heavy (non-hydrogen) atoms. The van der Waals surface area contributed by atoms with Crippen molar-refractivity contribution in [3.8, 4) is 11.5 Å². The van der Waals surface area contributed by atoms with Gasteiger partial charge in [0.2, 0.25) is 5.91 Å². The maximum atomic E-state index is 13.5. The Hall–Kier alpha value is -2.63. The first-order valence-electron chi connectivity index (χ1n) is 9.50. The quantitative estimate of drug-likeness (QED) is 0.586. The summed E-state index contributed by atoms with van der Waals surface area (Å²) in [6.07, 6.45) is -1.64. The number of rotatable bonds is 9. The zero-order valence-corrected chi connectivity index (χ0v) is 16.8. The number of ether oxygens (including phenoxy) is 2. The maximum Gasteiger partial charge on any atom is 0.267 e. The molecule has 0 unspecified atom stereocenters. The van der Waals surface area contributed by atoms with E-state index in [1.54, 1.807) is 31.2 Å². The predicted octanol–water partition coefficient (Wildman–Crippen LogP) is 5.82. The Kier molecular flexibility index (Phi) is 7.79. The topological polar surface area (TPSA) is 47.6 Å². The summed E-state index contributed by atoms with van der Waals surface area (Å²) in [4.78, 5) is 11.8. The summed E-state index contributed by atoms with van der Waals surface area (Å²) in [6, 6.07) is 8.43. The van der Waals surface area contributed by atoms with Crippen LogP contribution in [0.1, 0.15) is 55.9 Å². The number of hydrogen-bond acceptors (Lipinski definition) is 3. The van der Waals surface area contributed by atoms with Crippen molar-refractivity contribution in [2.24, 2.45) is 0 Å². The average molecular weight is 391 g/mol. The highest BCUT2D eigenvalue weighted by atomic mass is 19.3. The van der Waals surface area contributed by atoms with Crippen LogP contribution in [0.25, 0.3) is 0 Å². The lowest BCUT2D eigenvalue weighted by atomic mass is 10.0. The summed E-state index contributed by atoms with van der Waals surface area (Å²) in [5.41, 5.74) is 2.81. The molecule has 0 saturated carbocycles. The van der Waals surface area contributed by atoms with Crippen LogP contribution in [0.15, 0.2) is 30.3 Å². The van der Waals surface area contributed by atoms with Gasteiger partial charge in [-0.2, -0.15) is 0 Å². The highest BCUT2D eigenvalue weighted by molar-refractivity contribution is 5.91. The van der Waals surface area contributed by atoms with Crippen LogP contribution in [0.5, 0.6) is 11.5 Å². The van der Waals surface area contributed by atoms with Gasteiger partial charge in [-0.15, -0.1) is 0 Å². The van der Waals surface area contributed by atoms with Crippen LogP contribution in [0, 0.1) is 6.92 Å². The molecular formula is C22H27F2NO3. The smallest absolute Gasteiger partial charge is 0.267 e. The van der Waals surface area contributed by atoms with E-state index >= 15 is 0 Å². The van der Waals surface area contributed by atoms with Crippen molar-refractivity contribution in [1.29, 1.82) is 0 Å². The summed E-state index contributed by atoms with van der Waals surface area (Å²) in [5, 5.41) is 2.82. The van der Waals surface area contributed by atoms with Crippen molar-refractivity contribution >= 4 is 11.6 Å². The van der Waals surface area contributed by atoms with E-state index in [9.17, 15) is 13.6 Å². The molecular weight excluding hydrogens is 364 g/mol. The SMILES string of the molecule is CCOc1cccc(NC(=O)CC)c1COc1cc(C)c(CC)cc1C(F)F. The molecule has 0 fully saturated rings. The monoisotopic (exact) mass is 391 g/mol. The van der Waals surface area contributed by atoms with Gasteiger partial charge in [-0.3, -0.25) is 4.79 Å². The number of amides is 1. The third kappa shape index (κ3) is 5.21. The van der Waals surface area contributed by atoms with E-state index in [0.29, 0.717) is 36.4 Å². The summed E-state index contributed by atoms with van der Waals surface area (Å²) >= 11 is 0. The average Bonchev–Trinajstić information content (AvgIpc) is 2.67. The van der Waals surface area contributed by atoms with Crippen LogP contribution in [0.2, 0.25) is 0 Å². The Morgan fingerprint density at radius 1 is 1.11 bits per heavy atom. The van der Waals surface area contributed by atoms with Crippen molar-refractivity contribution in [2.45, 2.75) is 53.6 Å². The fraction of sp³-hybridized carbons (Fsp3) is 0.409. The Balaban J connectivity index is 2.37. The van der Waals surface area contributed by atoms with Crippen LogP contribution < -0.4 is 14.8 Å². The molecule has 2 aromatic rings. The molecule has 0 saturated heterocycles. The molecule has 0 aliphatic rings. The fourth-order valence-electron chi connectivity index (χ4n) is 2.93. The number of benzene rings is 2. The standard InChI is InChI=1S/C22H27F2NO3/c1-5-15-12-16(22(23)24)20(11-14(15)4)28-13-17-18(25-21(26)6-2)9-8-10-19(17)27-7-3/h8-12,22H,5-7,13H2,1-4H3,(H,25,26). The van der Waals surface area contributed by atoms with Gasteiger partial charge in [0, 0.05) is 6.42 Å². The third-order valence-corrected chi connectivity index (χ3v) is 4.48. The van der Waals surface area contributed by atoms with E-state index in [1.165, 1.54) is 6.07 Å². The van der Waals surface area contributed by atoms with Crippen molar-refractivity contribution < 1.29 is 23.0 Å². The molecule has 0 aliphatic carbocycles. The summed E-state index contributed by atoms with van der Waals surface area (Å²) in [6.45, 7) is 7.85. The Morgan fingerprint density at radius 2 is 1.86 bits per heavy atom. The number of carbonyl (C=O) groups excluding carboxylic acids is 1. The summed E-state index contributed by atoms with van der Waals surface area (Å²) in [7, 11) is 0. The molecule has 0 heterocycles. The lowest BCUT2D eigenvalue weighted by Crippen LogP contribution is -2.13. The van der Waals surface area contributed by atoms with Gasteiger partial charge in [0.15, 0.2) is 0 Å². The van der Waals surface area contributed by atoms with Crippen LogP contribution in [0.3, 0.4) is 0 Å². The van der Waals surface area contributed by atoms with E-state index < -0.39 is 6.43 Å². The van der Waals surface area contributed by atoms with Gasteiger partial charge in [0.05, 0.1) is 23.4 Å². The molecule has 1 N–H and O–H groups in total. The normalized spacial score (nSPS) is 10.8. The maximum absolute atomic E-state index is 13.5. The van der Waals surface area contributed by atoms with E-state index in [1.807, 2.05) is 20.8 Å². The van der Waals surface area contributed by atoms with Crippen molar-refractivity contribution in [3.63, 3.8) is 0 Å². The molecule has 2 rings (SSSR count). The first-order chi connectivity index (χ1) is 13.4. The molecule has 152 valence electrons. The Morgan fingerprint density at radius 3 is 2.46 bits per heavy atom. The van der Waals surface area contributed by atoms with Gasteiger partial charge in [-0.05, 0) is 55.7 Å². The third-order valence-electron chi connectivity index (χ3n) is 4.48. The van der Waals surface area contributed by atoms with E-state index in [2.05, 4.69) is 5.32 Å². The number of nitrogens with one attached hydrogen (secondary N) is 1. The minimum Gasteiger partial charge on any atom is -0.493 e. The second kappa shape index (κ2) is 10.1. The van der Waals surface area contributed by atoms with Crippen LogP contribution in [-0.4, -0.2) is 12.5 Å². The largest absolute Gasteiger partial charge is 0.493 e. The van der Waals surface area contributed by atoms with Crippen LogP contribution in [-0.2, 0) is 17.8 Å². The molecule has 0 spiro atoms. The zero-order valence-electron chi connectivity index (χ0n) is 16.8. The number of carbonyl (C=O) groups is 1. The van der Waals surface area contributed by atoms with Gasteiger partial charge in [-0.1, -0.05) is 19.9 Å². The number of anilines is 1. The molecule has 2 aromatic carbocycles. The van der Waals surface area contributed by atoms with Crippen molar-refractivity contribution in [1.82, 2.24) is 0 Å². The molecule has 0 aliphatic heterocycles. The molecule has 0 radical (unpaired) electrons. The molecule has 0 aromatic heterocycles. The van der Waals surface area contributed by atoms with Gasteiger partial charge in [0.25, 0.3) is 6.43 Å². The fourth-order valence-corrected chi connectivity index (χ4v) is 2.93. The molecule has 0 atom stereocenters. The highest BCUT2D eigenvalue weighted by Crippen LogP contribution is 2.34. The van der Waals surface area contributed by atoms with Gasteiger partial charge < -0.3 is 14.8 Å². The molecule has 4 nitrogen and oxygen atoms in total. The molecule has 6 heteroatoms. The van der Waals surface area contributed by atoms with Gasteiger partial charge in [0.1, 0.15) is 18.1 Å².